The molecular weight excluding hydrogens is 358 g/mol. The molecule has 2 aromatic rings. The van der Waals surface area contributed by atoms with Crippen molar-refractivity contribution in [1.29, 1.82) is 0 Å². The number of ketones is 1. The number of hydrogen-bond donors (Lipinski definition) is 1. The van der Waals surface area contributed by atoms with Crippen molar-refractivity contribution >= 4 is 23.2 Å². The van der Waals surface area contributed by atoms with Crippen LogP contribution in [-0.2, 0) is 9.53 Å². The zero-order valence-electron chi connectivity index (χ0n) is 16.0. The number of carbonyl (C=O) groups is 2. The van der Waals surface area contributed by atoms with Crippen LogP contribution < -0.4 is 15.0 Å². The molecule has 0 spiro atoms. The zero-order chi connectivity index (χ0) is 19.8. The number of amides is 1. The Morgan fingerprint density at radius 1 is 1.11 bits per heavy atom. The first-order chi connectivity index (χ1) is 13.7. The third-order valence-corrected chi connectivity index (χ3v) is 4.43. The first-order valence-corrected chi connectivity index (χ1v) is 9.50. The lowest BCUT2D eigenvalue weighted by Gasteiger charge is -2.27. The number of morpholine rings is 1. The van der Waals surface area contributed by atoms with Crippen molar-refractivity contribution in [2.75, 3.05) is 43.1 Å². The van der Waals surface area contributed by atoms with Crippen molar-refractivity contribution in [3.05, 3.63) is 48.2 Å². The molecule has 0 bridgehead atoms. The highest BCUT2D eigenvalue weighted by atomic mass is 16.5. The summed E-state index contributed by atoms with van der Waals surface area (Å²) in [7, 11) is 0. The summed E-state index contributed by atoms with van der Waals surface area (Å²) in [6.07, 6.45) is 1.91. The summed E-state index contributed by atoms with van der Waals surface area (Å²) in [5, 5.41) is 2.79. The van der Waals surface area contributed by atoms with Crippen LogP contribution in [0.2, 0.25) is 0 Å². The van der Waals surface area contributed by atoms with E-state index >= 15 is 0 Å². The number of ether oxygens (including phenoxy) is 2. The minimum absolute atomic E-state index is 0.0704. The van der Waals surface area contributed by atoms with Gasteiger partial charge < -0.3 is 19.7 Å². The van der Waals surface area contributed by atoms with Crippen LogP contribution in [0.25, 0.3) is 0 Å². The predicted octanol–water partition coefficient (Wildman–Crippen LogP) is 2.92. The molecule has 1 aliphatic heterocycles. The van der Waals surface area contributed by atoms with Gasteiger partial charge in [-0.05, 0) is 43.3 Å². The Morgan fingerprint density at radius 2 is 1.86 bits per heavy atom. The van der Waals surface area contributed by atoms with E-state index in [2.05, 4.69) is 15.2 Å². The van der Waals surface area contributed by atoms with E-state index in [-0.39, 0.29) is 24.5 Å². The van der Waals surface area contributed by atoms with E-state index in [1.54, 1.807) is 30.5 Å². The molecular formula is C21H25N3O4. The van der Waals surface area contributed by atoms with Gasteiger partial charge >= 0.3 is 0 Å². The van der Waals surface area contributed by atoms with Crippen LogP contribution >= 0.6 is 0 Å². The van der Waals surface area contributed by atoms with Gasteiger partial charge in [0.2, 0.25) is 5.91 Å². The van der Waals surface area contributed by atoms with Crippen LogP contribution in [0.1, 0.15) is 30.1 Å². The highest BCUT2D eigenvalue weighted by molar-refractivity contribution is 6.00. The van der Waals surface area contributed by atoms with E-state index in [4.69, 9.17) is 9.47 Å². The maximum absolute atomic E-state index is 12.2. The summed E-state index contributed by atoms with van der Waals surface area (Å²) in [5.41, 5.74) is 1.20. The number of nitrogens with one attached hydrogen (secondary N) is 1. The number of benzene rings is 1. The number of rotatable bonds is 8. The van der Waals surface area contributed by atoms with E-state index in [0.29, 0.717) is 31.1 Å². The van der Waals surface area contributed by atoms with E-state index in [9.17, 15) is 9.59 Å². The van der Waals surface area contributed by atoms with Gasteiger partial charge in [0.15, 0.2) is 5.78 Å². The van der Waals surface area contributed by atoms with Gasteiger partial charge in [-0.25, -0.2) is 4.98 Å². The van der Waals surface area contributed by atoms with Gasteiger partial charge in [0.05, 0.1) is 31.7 Å². The maximum atomic E-state index is 12.2. The van der Waals surface area contributed by atoms with E-state index in [0.717, 1.165) is 24.7 Å². The molecule has 7 nitrogen and oxygen atoms in total. The lowest BCUT2D eigenvalue weighted by atomic mass is 10.1. The second kappa shape index (κ2) is 9.85. The zero-order valence-corrected chi connectivity index (χ0v) is 16.0. The van der Waals surface area contributed by atoms with Crippen molar-refractivity contribution in [3.63, 3.8) is 0 Å². The van der Waals surface area contributed by atoms with Crippen LogP contribution in [0.4, 0.5) is 11.5 Å². The smallest absolute Gasteiger partial charge is 0.224 e. The maximum Gasteiger partial charge on any atom is 0.224 e. The van der Waals surface area contributed by atoms with Gasteiger partial charge in [0.25, 0.3) is 0 Å². The highest BCUT2D eigenvalue weighted by Crippen LogP contribution is 2.17. The van der Waals surface area contributed by atoms with Crippen molar-refractivity contribution in [3.8, 4) is 5.75 Å². The number of carbonyl (C=O) groups excluding carboxylic acids is 2. The molecule has 28 heavy (non-hydrogen) atoms. The van der Waals surface area contributed by atoms with Crippen molar-refractivity contribution in [2.45, 2.75) is 19.8 Å². The SMILES string of the molecule is CCOc1ccc(C(=O)CCC(=O)Nc2ccc(N3CCOCC3)nc2)cc1. The molecule has 0 unspecified atom stereocenters. The molecule has 1 N–H and O–H groups in total. The fraction of sp³-hybridized carbons (Fsp3) is 0.381. The molecule has 1 fully saturated rings. The minimum Gasteiger partial charge on any atom is -0.494 e. The first-order valence-electron chi connectivity index (χ1n) is 9.50. The molecule has 0 atom stereocenters. The Labute approximate surface area is 164 Å². The number of hydrogen-bond acceptors (Lipinski definition) is 6. The molecule has 7 heteroatoms. The summed E-state index contributed by atoms with van der Waals surface area (Å²) in [4.78, 5) is 30.9. The van der Waals surface area contributed by atoms with Gasteiger partial charge in [-0.2, -0.15) is 0 Å². The second-order valence-corrected chi connectivity index (χ2v) is 6.43. The third kappa shape index (κ3) is 5.53. The molecule has 1 aromatic heterocycles. The topological polar surface area (TPSA) is 80.8 Å². The van der Waals surface area contributed by atoms with E-state index in [1.807, 2.05) is 19.1 Å². The van der Waals surface area contributed by atoms with Gasteiger partial charge in [-0.15, -0.1) is 0 Å². The quantitative estimate of drug-likeness (QED) is 0.706. The molecule has 1 saturated heterocycles. The van der Waals surface area contributed by atoms with Gasteiger partial charge in [0.1, 0.15) is 11.6 Å². The Kier molecular flexibility index (Phi) is 6.97. The normalized spacial score (nSPS) is 13.8. The van der Waals surface area contributed by atoms with Gasteiger partial charge in [-0.3, -0.25) is 9.59 Å². The average molecular weight is 383 g/mol. The third-order valence-electron chi connectivity index (χ3n) is 4.43. The van der Waals surface area contributed by atoms with E-state index in [1.165, 1.54) is 0 Å². The molecule has 3 rings (SSSR count). The highest BCUT2D eigenvalue weighted by Gasteiger charge is 2.13. The standard InChI is InChI=1S/C21H25N3O4/c1-2-28-18-6-3-16(4-7-18)19(25)8-10-21(26)23-17-5-9-20(22-15-17)24-11-13-27-14-12-24/h3-7,9,15H,2,8,10-14H2,1H3,(H,23,26). The average Bonchev–Trinajstić information content (AvgIpc) is 2.74. The number of Topliss-reactive ketones (excluding diaryl/α,β-unsaturated/α-hetero) is 1. The van der Waals surface area contributed by atoms with Gasteiger partial charge in [0, 0.05) is 31.5 Å². The predicted molar refractivity (Wildman–Crippen MR) is 107 cm³/mol. The summed E-state index contributed by atoms with van der Waals surface area (Å²) >= 11 is 0. The molecule has 148 valence electrons. The summed E-state index contributed by atoms with van der Waals surface area (Å²) in [6.45, 7) is 5.50. The second-order valence-electron chi connectivity index (χ2n) is 6.43. The Hall–Kier alpha value is -2.93. The molecule has 0 aliphatic carbocycles. The monoisotopic (exact) mass is 383 g/mol. The van der Waals surface area contributed by atoms with Crippen LogP contribution in [-0.4, -0.2) is 49.6 Å². The first kappa shape index (κ1) is 19.8. The van der Waals surface area contributed by atoms with Crippen LogP contribution in [0.3, 0.4) is 0 Å². The number of aromatic nitrogens is 1. The summed E-state index contributed by atoms with van der Waals surface area (Å²) < 4.78 is 10.7. The molecule has 2 heterocycles. The fourth-order valence-electron chi connectivity index (χ4n) is 2.94. The van der Waals surface area contributed by atoms with Crippen LogP contribution in [0.5, 0.6) is 5.75 Å². The number of anilines is 2. The van der Waals surface area contributed by atoms with E-state index < -0.39 is 0 Å². The lowest BCUT2D eigenvalue weighted by Crippen LogP contribution is -2.36. The minimum atomic E-state index is -0.208. The number of nitrogens with zero attached hydrogens (tertiary/aromatic N) is 2. The number of pyridine rings is 1. The fourth-order valence-corrected chi connectivity index (χ4v) is 2.94. The molecule has 0 saturated carbocycles. The largest absolute Gasteiger partial charge is 0.494 e. The van der Waals surface area contributed by atoms with Crippen molar-refractivity contribution in [2.24, 2.45) is 0 Å². The summed E-state index contributed by atoms with van der Waals surface area (Å²) in [6, 6.07) is 10.7. The Morgan fingerprint density at radius 3 is 2.50 bits per heavy atom. The van der Waals surface area contributed by atoms with Crippen molar-refractivity contribution < 1.29 is 19.1 Å². The Bertz CT molecular complexity index is 784. The van der Waals surface area contributed by atoms with Crippen LogP contribution in [0, 0.1) is 0 Å². The molecule has 0 radical (unpaired) electrons. The molecule has 1 amide bonds. The van der Waals surface area contributed by atoms with Crippen LogP contribution in [0.15, 0.2) is 42.6 Å². The van der Waals surface area contributed by atoms with Gasteiger partial charge in [-0.1, -0.05) is 0 Å². The molecule has 1 aromatic carbocycles. The molecule has 1 aliphatic rings. The van der Waals surface area contributed by atoms with Crippen molar-refractivity contribution in [1.82, 2.24) is 4.98 Å². The lowest BCUT2D eigenvalue weighted by molar-refractivity contribution is -0.116. The summed E-state index contributed by atoms with van der Waals surface area (Å²) in [5.74, 6) is 1.32. The Balaban J connectivity index is 1.46.